The molecule has 1 fully saturated rings. The van der Waals surface area contributed by atoms with E-state index in [9.17, 15) is 9.59 Å². The maximum Gasteiger partial charge on any atom is 0.306 e. The summed E-state index contributed by atoms with van der Waals surface area (Å²) >= 11 is 0. The zero-order valence-electron chi connectivity index (χ0n) is 11.7. The number of hydrogen-bond acceptors (Lipinski definition) is 6. The second-order valence-electron chi connectivity index (χ2n) is 4.59. The number of hydrogen-bond donors (Lipinski definition) is 0. The van der Waals surface area contributed by atoms with Gasteiger partial charge >= 0.3 is 11.9 Å². The Kier molecular flexibility index (Phi) is 7.43. The van der Waals surface area contributed by atoms with Crippen molar-refractivity contribution >= 4 is 11.9 Å². The molecule has 0 aromatic heterocycles. The van der Waals surface area contributed by atoms with Crippen molar-refractivity contribution in [3.05, 3.63) is 0 Å². The van der Waals surface area contributed by atoms with Gasteiger partial charge in [0.15, 0.2) is 0 Å². The van der Waals surface area contributed by atoms with E-state index in [2.05, 4.69) is 14.4 Å². The zero-order chi connectivity index (χ0) is 14.1. The van der Waals surface area contributed by atoms with Gasteiger partial charge in [-0.3, -0.25) is 14.5 Å². The summed E-state index contributed by atoms with van der Waals surface area (Å²) in [5.41, 5.74) is 0. The molecule has 6 heteroatoms. The first-order valence-corrected chi connectivity index (χ1v) is 6.63. The van der Waals surface area contributed by atoms with E-state index in [1.54, 1.807) is 0 Å². The minimum atomic E-state index is -0.240. The molecular weight excluding hydrogens is 250 g/mol. The topological polar surface area (TPSA) is 65.1 Å². The van der Waals surface area contributed by atoms with Gasteiger partial charge in [-0.15, -0.1) is 0 Å². The Hall–Kier alpha value is -1.14. The molecule has 1 rings (SSSR count). The van der Waals surface area contributed by atoms with Gasteiger partial charge in [-0.25, -0.2) is 0 Å². The predicted molar refractivity (Wildman–Crippen MR) is 68.7 cm³/mol. The van der Waals surface area contributed by atoms with Crippen LogP contribution in [0.3, 0.4) is 0 Å². The second kappa shape index (κ2) is 8.87. The SMILES string of the molecule is COC(=O)CCN(CCC(=O)OC)CC1CCCO1. The molecule has 1 unspecified atom stereocenters. The Bertz CT molecular complexity index is 269. The molecule has 1 aliphatic rings. The maximum atomic E-state index is 11.2. The summed E-state index contributed by atoms with van der Waals surface area (Å²) in [5, 5.41) is 0. The highest BCUT2D eigenvalue weighted by molar-refractivity contribution is 5.70. The zero-order valence-corrected chi connectivity index (χ0v) is 11.7. The molecule has 0 radical (unpaired) electrons. The Morgan fingerprint density at radius 3 is 2.16 bits per heavy atom. The van der Waals surface area contributed by atoms with Crippen LogP contribution < -0.4 is 0 Å². The van der Waals surface area contributed by atoms with Crippen LogP contribution in [0.4, 0.5) is 0 Å². The molecule has 0 aromatic carbocycles. The van der Waals surface area contributed by atoms with Crippen LogP contribution in [-0.4, -0.2) is 63.4 Å². The third kappa shape index (κ3) is 6.54. The van der Waals surface area contributed by atoms with Crippen LogP contribution in [0.5, 0.6) is 0 Å². The molecule has 1 atom stereocenters. The molecule has 0 spiro atoms. The Morgan fingerprint density at radius 2 is 1.74 bits per heavy atom. The molecule has 6 nitrogen and oxygen atoms in total. The molecular formula is C13H23NO5. The van der Waals surface area contributed by atoms with Crippen LogP contribution in [0.25, 0.3) is 0 Å². The number of carbonyl (C=O) groups is 2. The molecule has 1 aliphatic heterocycles. The largest absolute Gasteiger partial charge is 0.469 e. The van der Waals surface area contributed by atoms with E-state index in [1.807, 2.05) is 0 Å². The Labute approximate surface area is 114 Å². The lowest BCUT2D eigenvalue weighted by Crippen LogP contribution is -2.35. The van der Waals surface area contributed by atoms with Crippen molar-refractivity contribution in [1.82, 2.24) is 4.90 Å². The average Bonchev–Trinajstić information content (AvgIpc) is 2.93. The molecule has 1 heterocycles. The van der Waals surface area contributed by atoms with Gasteiger partial charge in [-0.1, -0.05) is 0 Å². The van der Waals surface area contributed by atoms with E-state index < -0.39 is 0 Å². The standard InChI is InChI=1S/C13H23NO5/c1-17-12(15)5-7-14(8-6-13(16)18-2)10-11-4-3-9-19-11/h11H,3-10H2,1-2H3. The van der Waals surface area contributed by atoms with E-state index in [4.69, 9.17) is 4.74 Å². The molecule has 0 bridgehead atoms. The highest BCUT2D eigenvalue weighted by Crippen LogP contribution is 2.13. The normalized spacial score (nSPS) is 18.6. The Balaban J connectivity index is 2.36. The van der Waals surface area contributed by atoms with Gasteiger partial charge < -0.3 is 14.2 Å². The van der Waals surface area contributed by atoms with Crippen LogP contribution in [0.2, 0.25) is 0 Å². The molecule has 19 heavy (non-hydrogen) atoms. The minimum Gasteiger partial charge on any atom is -0.469 e. The monoisotopic (exact) mass is 273 g/mol. The van der Waals surface area contributed by atoms with Crippen molar-refractivity contribution in [1.29, 1.82) is 0 Å². The van der Waals surface area contributed by atoms with E-state index >= 15 is 0 Å². The van der Waals surface area contributed by atoms with Crippen molar-refractivity contribution in [3.8, 4) is 0 Å². The molecule has 0 aromatic rings. The van der Waals surface area contributed by atoms with Gasteiger partial charge in [0.05, 0.1) is 33.2 Å². The first-order chi connectivity index (χ1) is 9.15. The fraction of sp³-hybridized carbons (Fsp3) is 0.846. The first-order valence-electron chi connectivity index (χ1n) is 6.63. The lowest BCUT2D eigenvalue weighted by atomic mass is 10.2. The summed E-state index contributed by atoms with van der Waals surface area (Å²) in [6.45, 7) is 2.69. The number of esters is 2. The van der Waals surface area contributed by atoms with Gasteiger partial charge in [0.1, 0.15) is 0 Å². The summed E-state index contributed by atoms with van der Waals surface area (Å²) in [4.78, 5) is 24.4. The lowest BCUT2D eigenvalue weighted by molar-refractivity contribution is -0.141. The smallest absolute Gasteiger partial charge is 0.306 e. The summed E-state index contributed by atoms with van der Waals surface area (Å²) < 4.78 is 14.8. The number of rotatable bonds is 8. The number of methoxy groups -OCH3 is 2. The first kappa shape index (κ1) is 15.9. The summed E-state index contributed by atoms with van der Waals surface area (Å²) in [6, 6.07) is 0. The van der Waals surface area contributed by atoms with Gasteiger partial charge in [0.25, 0.3) is 0 Å². The average molecular weight is 273 g/mol. The summed E-state index contributed by atoms with van der Waals surface area (Å²) in [6.07, 6.45) is 2.96. The van der Waals surface area contributed by atoms with Crippen molar-refractivity contribution in [3.63, 3.8) is 0 Å². The van der Waals surface area contributed by atoms with E-state index in [0.29, 0.717) is 25.9 Å². The van der Waals surface area contributed by atoms with Crippen LogP contribution >= 0.6 is 0 Å². The van der Waals surface area contributed by atoms with Crippen molar-refractivity contribution in [2.75, 3.05) is 40.5 Å². The summed E-state index contributed by atoms with van der Waals surface area (Å²) in [5.74, 6) is -0.481. The van der Waals surface area contributed by atoms with E-state index in [1.165, 1.54) is 14.2 Å². The van der Waals surface area contributed by atoms with Crippen LogP contribution in [-0.2, 0) is 23.8 Å². The molecule has 0 saturated carbocycles. The quantitative estimate of drug-likeness (QED) is 0.603. The van der Waals surface area contributed by atoms with Gasteiger partial charge in [-0.05, 0) is 12.8 Å². The van der Waals surface area contributed by atoms with Crippen LogP contribution in [0.1, 0.15) is 25.7 Å². The fourth-order valence-electron chi connectivity index (χ4n) is 2.07. The minimum absolute atomic E-state index is 0.204. The molecule has 0 amide bonds. The van der Waals surface area contributed by atoms with Gasteiger partial charge in [0.2, 0.25) is 0 Å². The van der Waals surface area contributed by atoms with E-state index in [0.717, 1.165) is 26.0 Å². The van der Waals surface area contributed by atoms with Gasteiger partial charge in [0, 0.05) is 26.2 Å². The highest BCUT2D eigenvalue weighted by atomic mass is 16.5. The predicted octanol–water partition coefficient (Wildman–Crippen LogP) is 0.594. The molecule has 110 valence electrons. The van der Waals surface area contributed by atoms with Crippen molar-refractivity contribution < 1.29 is 23.8 Å². The maximum absolute atomic E-state index is 11.2. The molecule has 0 N–H and O–H groups in total. The molecule has 0 aliphatic carbocycles. The fourth-order valence-corrected chi connectivity index (χ4v) is 2.07. The third-order valence-electron chi connectivity index (χ3n) is 3.21. The van der Waals surface area contributed by atoms with Crippen molar-refractivity contribution in [2.45, 2.75) is 31.8 Å². The van der Waals surface area contributed by atoms with Crippen molar-refractivity contribution in [2.24, 2.45) is 0 Å². The van der Waals surface area contributed by atoms with Crippen LogP contribution in [0, 0.1) is 0 Å². The molecule has 1 saturated heterocycles. The second-order valence-corrected chi connectivity index (χ2v) is 4.59. The number of nitrogens with zero attached hydrogens (tertiary/aromatic N) is 1. The number of carbonyl (C=O) groups excluding carboxylic acids is 2. The highest BCUT2D eigenvalue weighted by Gasteiger charge is 2.20. The Morgan fingerprint density at radius 1 is 1.16 bits per heavy atom. The van der Waals surface area contributed by atoms with Gasteiger partial charge in [-0.2, -0.15) is 0 Å². The van der Waals surface area contributed by atoms with E-state index in [-0.39, 0.29) is 18.0 Å². The number of ether oxygens (including phenoxy) is 3. The summed E-state index contributed by atoms with van der Waals surface area (Å²) in [7, 11) is 2.75. The third-order valence-corrected chi connectivity index (χ3v) is 3.21. The lowest BCUT2D eigenvalue weighted by Gasteiger charge is -2.24. The van der Waals surface area contributed by atoms with Crippen LogP contribution in [0.15, 0.2) is 0 Å².